The van der Waals surface area contributed by atoms with Gasteiger partial charge in [0, 0.05) is 0 Å². The number of nitrogens with two attached hydrogens (primary N) is 1. The lowest BCUT2D eigenvalue weighted by Gasteiger charge is -2.20. The molecular formula is C12H24N2O3. The van der Waals surface area contributed by atoms with Crippen LogP contribution in [0.1, 0.15) is 40.0 Å². The van der Waals surface area contributed by atoms with Gasteiger partial charge in [0.15, 0.2) is 0 Å². The van der Waals surface area contributed by atoms with Gasteiger partial charge in [-0.05, 0) is 18.8 Å². The quantitative estimate of drug-likeness (QED) is 0.650. The van der Waals surface area contributed by atoms with Crippen LogP contribution in [0.15, 0.2) is 0 Å². The van der Waals surface area contributed by atoms with Gasteiger partial charge in [-0.1, -0.05) is 27.2 Å². The first kappa shape index (κ1) is 15.9. The van der Waals surface area contributed by atoms with Crippen molar-refractivity contribution in [3.8, 4) is 0 Å². The minimum atomic E-state index is -0.601. The van der Waals surface area contributed by atoms with E-state index >= 15 is 0 Å². The highest BCUT2D eigenvalue weighted by Gasteiger charge is 2.24. The topological polar surface area (TPSA) is 81.4 Å². The van der Waals surface area contributed by atoms with E-state index in [0.29, 0.717) is 18.8 Å². The van der Waals surface area contributed by atoms with Gasteiger partial charge in [0.1, 0.15) is 6.04 Å². The molecule has 0 radical (unpaired) electrons. The zero-order chi connectivity index (χ0) is 13.4. The molecule has 0 saturated heterocycles. The molecule has 0 bridgehead atoms. The van der Waals surface area contributed by atoms with Crippen LogP contribution >= 0.6 is 0 Å². The summed E-state index contributed by atoms with van der Waals surface area (Å²) in [6, 6.07) is -1.16. The van der Waals surface area contributed by atoms with Crippen LogP contribution in [-0.4, -0.2) is 31.1 Å². The summed E-state index contributed by atoms with van der Waals surface area (Å²) in [5, 5.41) is 2.65. The van der Waals surface area contributed by atoms with Gasteiger partial charge in [-0.2, -0.15) is 0 Å². The van der Waals surface area contributed by atoms with Gasteiger partial charge in [-0.3, -0.25) is 4.79 Å². The van der Waals surface area contributed by atoms with E-state index in [1.54, 1.807) is 0 Å². The van der Waals surface area contributed by atoms with E-state index in [4.69, 9.17) is 5.73 Å². The Kier molecular flexibility index (Phi) is 7.54. The minimum Gasteiger partial charge on any atom is -0.467 e. The fraction of sp³-hybridized carbons (Fsp3) is 0.833. The number of esters is 1. The summed E-state index contributed by atoms with van der Waals surface area (Å²) in [4.78, 5) is 23.2. The maximum absolute atomic E-state index is 11.7. The Bertz CT molecular complexity index is 254. The number of ether oxygens (including phenoxy) is 1. The van der Waals surface area contributed by atoms with E-state index in [0.717, 1.165) is 6.42 Å². The highest BCUT2D eigenvalue weighted by atomic mass is 16.5. The van der Waals surface area contributed by atoms with Crippen molar-refractivity contribution in [2.75, 3.05) is 7.11 Å². The van der Waals surface area contributed by atoms with Crippen molar-refractivity contribution >= 4 is 11.9 Å². The predicted molar refractivity (Wildman–Crippen MR) is 66.3 cm³/mol. The number of methoxy groups -OCH3 is 1. The Hall–Kier alpha value is -1.10. The largest absolute Gasteiger partial charge is 0.467 e. The van der Waals surface area contributed by atoms with Gasteiger partial charge in [-0.15, -0.1) is 0 Å². The van der Waals surface area contributed by atoms with Gasteiger partial charge in [0.2, 0.25) is 5.91 Å². The second kappa shape index (κ2) is 8.06. The molecule has 0 aliphatic carbocycles. The molecule has 0 aliphatic rings. The van der Waals surface area contributed by atoms with Crippen LogP contribution in [0.25, 0.3) is 0 Å². The molecule has 0 saturated carbocycles. The molecule has 0 aromatic rings. The Labute approximate surface area is 103 Å². The predicted octanol–water partition coefficient (Wildman–Crippen LogP) is 0.818. The first-order chi connectivity index (χ1) is 7.92. The number of rotatable bonds is 7. The SMILES string of the molecule is CCC[C@H](N)C(=O)NC(CC(C)C)C(=O)OC. The third-order valence-corrected chi connectivity index (χ3v) is 2.45. The summed E-state index contributed by atoms with van der Waals surface area (Å²) in [5.74, 6) is -0.416. The van der Waals surface area contributed by atoms with Gasteiger partial charge in [-0.25, -0.2) is 4.79 Å². The first-order valence-electron chi connectivity index (χ1n) is 6.06. The van der Waals surface area contributed by atoms with Crippen molar-refractivity contribution in [2.24, 2.45) is 11.7 Å². The molecule has 3 N–H and O–H groups in total. The fourth-order valence-electron chi connectivity index (χ4n) is 1.55. The second-order valence-corrected chi connectivity index (χ2v) is 4.61. The van der Waals surface area contributed by atoms with E-state index in [-0.39, 0.29) is 5.91 Å². The average molecular weight is 244 g/mol. The van der Waals surface area contributed by atoms with E-state index in [1.807, 2.05) is 20.8 Å². The maximum Gasteiger partial charge on any atom is 0.328 e. The van der Waals surface area contributed by atoms with Gasteiger partial charge in [0.25, 0.3) is 0 Å². The maximum atomic E-state index is 11.7. The number of amides is 1. The molecule has 1 unspecified atom stereocenters. The molecule has 0 spiro atoms. The molecule has 0 aromatic carbocycles. The van der Waals surface area contributed by atoms with Crippen molar-refractivity contribution in [1.82, 2.24) is 5.32 Å². The van der Waals surface area contributed by atoms with E-state index in [2.05, 4.69) is 10.1 Å². The molecule has 2 atom stereocenters. The van der Waals surface area contributed by atoms with Crippen LogP contribution in [0.2, 0.25) is 0 Å². The molecule has 0 heterocycles. The smallest absolute Gasteiger partial charge is 0.328 e. The van der Waals surface area contributed by atoms with Crippen LogP contribution in [0.5, 0.6) is 0 Å². The molecular weight excluding hydrogens is 220 g/mol. The van der Waals surface area contributed by atoms with Crippen LogP contribution in [-0.2, 0) is 14.3 Å². The highest BCUT2D eigenvalue weighted by molar-refractivity contribution is 5.87. The van der Waals surface area contributed by atoms with E-state index in [1.165, 1.54) is 7.11 Å². The van der Waals surface area contributed by atoms with Gasteiger partial charge in [0.05, 0.1) is 13.2 Å². The molecule has 5 nitrogen and oxygen atoms in total. The minimum absolute atomic E-state index is 0.289. The summed E-state index contributed by atoms with van der Waals surface area (Å²) in [6.07, 6.45) is 2.00. The van der Waals surface area contributed by atoms with Crippen molar-refractivity contribution in [1.29, 1.82) is 0 Å². The van der Waals surface area contributed by atoms with Gasteiger partial charge >= 0.3 is 5.97 Å². The molecule has 1 amide bonds. The average Bonchev–Trinajstić information content (AvgIpc) is 2.26. The van der Waals surface area contributed by atoms with Crippen molar-refractivity contribution < 1.29 is 14.3 Å². The van der Waals surface area contributed by atoms with Gasteiger partial charge < -0.3 is 15.8 Å². The number of carbonyl (C=O) groups excluding carboxylic acids is 2. The lowest BCUT2D eigenvalue weighted by atomic mass is 10.0. The standard InChI is InChI=1S/C12H24N2O3/c1-5-6-9(13)11(15)14-10(7-8(2)3)12(16)17-4/h8-10H,5-7,13H2,1-4H3,(H,14,15)/t9-,10?/m0/s1. The molecule has 0 aromatic heterocycles. The zero-order valence-corrected chi connectivity index (χ0v) is 11.2. The summed E-state index contributed by atoms with van der Waals surface area (Å²) in [5.41, 5.74) is 5.68. The van der Waals surface area contributed by atoms with Crippen LogP contribution in [0.4, 0.5) is 0 Å². The fourth-order valence-corrected chi connectivity index (χ4v) is 1.55. The van der Waals surface area contributed by atoms with Crippen LogP contribution in [0, 0.1) is 5.92 Å². The summed E-state index contributed by atoms with van der Waals surface area (Å²) >= 11 is 0. The molecule has 0 fully saturated rings. The van der Waals surface area contributed by atoms with Crippen LogP contribution < -0.4 is 11.1 Å². The summed E-state index contributed by atoms with van der Waals surface area (Å²) in [7, 11) is 1.31. The summed E-state index contributed by atoms with van der Waals surface area (Å²) < 4.78 is 4.66. The lowest BCUT2D eigenvalue weighted by molar-refractivity contribution is -0.145. The first-order valence-corrected chi connectivity index (χ1v) is 6.06. The lowest BCUT2D eigenvalue weighted by Crippen LogP contribution is -2.49. The third kappa shape index (κ3) is 6.26. The number of hydrogen-bond acceptors (Lipinski definition) is 4. The summed E-state index contributed by atoms with van der Waals surface area (Å²) in [6.45, 7) is 5.92. The molecule has 100 valence electrons. The second-order valence-electron chi connectivity index (χ2n) is 4.61. The van der Waals surface area contributed by atoms with Crippen LogP contribution in [0.3, 0.4) is 0 Å². The monoisotopic (exact) mass is 244 g/mol. The Morgan fingerprint density at radius 1 is 1.35 bits per heavy atom. The molecule has 17 heavy (non-hydrogen) atoms. The van der Waals surface area contributed by atoms with Crippen molar-refractivity contribution in [2.45, 2.75) is 52.1 Å². The number of nitrogens with one attached hydrogen (secondary N) is 1. The van der Waals surface area contributed by atoms with E-state index < -0.39 is 18.1 Å². The Balaban J connectivity index is 4.42. The van der Waals surface area contributed by atoms with Crippen molar-refractivity contribution in [3.63, 3.8) is 0 Å². The van der Waals surface area contributed by atoms with Crippen molar-refractivity contribution in [3.05, 3.63) is 0 Å². The normalized spacial score (nSPS) is 14.2. The highest BCUT2D eigenvalue weighted by Crippen LogP contribution is 2.07. The third-order valence-electron chi connectivity index (χ3n) is 2.45. The molecule has 5 heteroatoms. The Morgan fingerprint density at radius 2 is 1.94 bits per heavy atom. The number of hydrogen-bond donors (Lipinski definition) is 2. The molecule has 0 aliphatic heterocycles. The van der Waals surface area contributed by atoms with E-state index in [9.17, 15) is 9.59 Å². The molecule has 0 rings (SSSR count). The Morgan fingerprint density at radius 3 is 2.35 bits per heavy atom. The number of carbonyl (C=O) groups is 2. The zero-order valence-electron chi connectivity index (χ0n) is 11.2.